The highest BCUT2D eigenvalue weighted by atomic mass is 35.5. The molecule has 32 heavy (non-hydrogen) atoms. The number of hydrogen-bond donors (Lipinski definition) is 1. The van der Waals surface area contributed by atoms with Crippen LogP contribution in [0.1, 0.15) is 27.4 Å². The number of fused-ring (bicyclic) bond motifs is 1. The van der Waals surface area contributed by atoms with Crippen molar-refractivity contribution in [1.29, 1.82) is 5.26 Å². The molecular formula is C24H16Cl2N2O4. The molecule has 6 nitrogen and oxygen atoms in total. The Bertz CT molecular complexity index is 1280. The summed E-state index contributed by atoms with van der Waals surface area (Å²) in [5.74, 6) is 0.0507. The molecule has 1 atom stereocenters. The number of nitrogens with zero attached hydrogens (tertiary/aromatic N) is 1. The van der Waals surface area contributed by atoms with E-state index in [1.807, 2.05) is 12.1 Å². The molecule has 0 spiro atoms. The Morgan fingerprint density at radius 1 is 1.09 bits per heavy atom. The van der Waals surface area contributed by atoms with Gasteiger partial charge in [0.05, 0.1) is 23.6 Å². The number of hydrogen-bond acceptors (Lipinski definition) is 6. The molecule has 0 aromatic heterocycles. The minimum absolute atomic E-state index is 0.00892. The lowest BCUT2D eigenvalue weighted by atomic mass is 9.83. The van der Waals surface area contributed by atoms with Crippen molar-refractivity contribution in [3.05, 3.63) is 98.9 Å². The molecule has 0 bridgehead atoms. The third kappa shape index (κ3) is 4.09. The van der Waals surface area contributed by atoms with Gasteiger partial charge in [0.15, 0.2) is 0 Å². The lowest BCUT2D eigenvalue weighted by Crippen LogP contribution is -2.21. The van der Waals surface area contributed by atoms with E-state index in [0.717, 1.165) is 5.56 Å². The van der Waals surface area contributed by atoms with Gasteiger partial charge in [-0.25, -0.2) is 4.79 Å². The van der Waals surface area contributed by atoms with Crippen molar-refractivity contribution in [3.8, 4) is 23.3 Å². The molecule has 0 saturated heterocycles. The van der Waals surface area contributed by atoms with Crippen molar-refractivity contribution in [2.45, 2.75) is 5.92 Å². The quantitative estimate of drug-likeness (QED) is 0.406. The lowest BCUT2D eigenvalue weighted by Gasteiger charge is -2.26. The molecule has 8 heteroatoms. The average Bonchev–Trinajstić information content (AvgIpc) is 2.78. The number of nitrogens with two attached hydrogens (primary N) is 1. The van der Waals surface area contributed by atoms with Gasteiger partial charge in [0.1, 0.15) is 28.9 Å². The van der Waals surface area contributed by atoms with E-state index >= 15 is 0 Å². The van der Waals surface area contributed by atoms with E-state index in [9.17, 15) is 10.1 Å². The monoisotopic (exact) mass is 466 g/mol. The molecule has 1 unspecified atom stereocenters. The first kappa shape index (κ1) is 21.6. The molecule has 3 aromatic rings. The van der Waals surface area contributed by atoms with Crippen LogP contribution >= 0.6 is 23.2 Å². The van der Waals surface area contributed by atoms with E-state index in [0.29, 0.717) is 27.1 Å². The van der Waals surface area contributed by atoms with Crippen molar-refractivity contribution in [2.24, 2.45) is 5.73 Å². The number of nitriles is 1. The van der Waals surface area contributed by atoms with Gasteiger partial charge >= 0.3 is 5.97 Å². The molecule has 0 aliphatic carbocycles. The molecule has 1 aliphatic rings. The maximum Gasteiger partial charge on any atom is 0.343 e. The minimum Gasteiger partial charge on any atom is -0.495 e. The van der Waals surface area contributed by atoms with Crippen molar-refractivity contribution >= 4 is 29.2 Å². The van der Waals surface area contributed by atoms with E-state index in [1.54, 1.807) is 42.5 Å². The third-order valence-corrected chi connectivity index (χ3v) is 5.54. The largest absolute Gasteiger partial charge is 0.495 e. The number of esters is 1. The van der Waals surface area contributed by atoms with Gasteiger partial charge in [-0.3, -0.25) is 0 Å². The summed E-state index contributed by atoms with van der Waals surface area (Å²) in [4.78, 5) is 12.6. The second-order valence-corrected chi connectivity index (χ2v) is 7.76. The molecular weight excluding hydrogens is 451 g/mol. The highest BCUT2D eigenvalue weighted by molar-refractivity contribution is 6.32. The van der Waals surface area contributed by atoms with Crippen molar-refractivity contribution in [3.63, 3.8) is 0 Å². The van der Waals surface area contributed by atoms with E-state index in [1.165, 1.54) is 13.2 Å². The van der Waals surface area contributed by atoms with Gasteiger partial charge in [0, 0.05) is 16.7 Å². The fraction of sp³-hybridized carbons (Fsp3) is 0.0833. The number of methoxy groups -OCH3 is 1. The Morgan fingerprint density at radius 3 is 2.50 bits per heavy atom. The number of benzene rings is 3. The van der Waals surface area contributed by atoms with Gasteiger partial charge in [-0.15, -0.1) is 0 Å². The van der Waals surface area contributed by atoms with Crippen LogP contribution in [0.2, 0.25) is 10.0 Å². The van der Waals surface area contributed by atoms with Crippen molar-refractivity contribution < 1.29 is 19.0 Å². The predicted octanol–water partition coefficient (Wildman–Crippen LogP) is 5.44. The Hall–Kier alpha value is -3.66. The fourth-order valence-corrected chi connectivity index (χ4v) is 3.84. The Labute approximate surface area is 194 Å². The van der Waals surface area contributed by atoms with Crippen LogP contribution in [0, 0.1) is 11.3 Å². The average molecular weight is 467 g/mol. The molecule has 1 heterocycles. The van der Waals surface area contributed by atoms with Gasteiger partial charge < -0.3 is 19.9 Å². The van der Waals surface area contributed by atoms with Gasteiger partial charge in [0.25, 0.3) is 0 Å². The van der Waals surface area contributed by atoms with Crippen LogP contribution in [0.3, 0.4) is 0 Å². The predicted molar refractivity (Wildman–Crippen MR) is 120 cm³/mol. The topological polar surface area (TPSA) is 94.6 Å². The SMILES string of the molecule is COc1ccc(C(=O)Oc2ccc3c(c2)OC(N)=C(C#N)C3c2ccc(Cl)cc2)cc1Cl. The zero-order valence-corrected chi connectivity index (χ0v) is 18.3. The molecule has 160 valence electrons. The smallest absolute Gasteiger partial charge is 0.343 e. The standard InChI is InChI=1S/C24H16Cl2N2O4/c1-30-20-9-4-14(10-19(20)26)24(29)31-16-7-8-17-21(11-16)32-23(28)18(12-27)22(17)13-2-5-15(25)6-3-13/h2-11,22H,28H2,1H3. The summed E-state index contributed by atoms with van der Waals surface area (Å²) in [5.41, 5.74) is 8.12. The van der Waals surface area contributed by atoms with E-state index < -0.39 is 11.9 Å². The Kier molecular flexibility index (Phi) is 5.95. The molecule has 2 N–H and O–H groups in total. The molecule has 4 rings (SSSR count). The summed E-state index contributed by atoms with van der Waals surface area (Å²) in [7, 11) is 1.49. The molecule has 0 saturated carbocycles. The number of carbonyl (C=O) groups is 1. The van der Waals surface area contributed by atoms with Gasteiger partial charge in [0.2, 0.25) is 5.88 Å². The van der Waals surface area contributed by atoms with Gasteiger partial charge in [-0.05, 0) is 42.0 Å². The highest BCUT2D eigenvalue weighted by Crippen LogP contribution is 2.43. The molecule has 0 amide bonds. The normalized spacial score (nSPS) is 14.8. The van der Waals surface area contributed by atoms with Crippen molar-refractivity contribution in [2.75, 3.05) is 7.11 Å². The van der Waals surface area contributed by atoms with Crippen LogP contribution in [0.25, 0.3) is 0 Å². The number of carbonyl (C=O) groups excluding carboxylic acids is 1. The summed E-state index contributed by atoms with van der Waals surface area (Å²) >= 11 is 12.1. The maximum absolute atomic E-state index is 12.6. The number of allylic oxidation sites excluding steroid dienone is 1. The van der Waals surface area contributed by atoms with E-state index in [-0.39, 0.29) is 22.8 Å². The summed E-state index contributed by atoms with van der Waals surface area (Å²) < 4.78 is 16.2. The number of ether oxygens (including phenoxy) is 3. The second kappa shape index (κ2) is 8.83. The fourth-order valence-electron chi connectivity index (χ4n) is 3.46. The first-order valence-electron chi connectivity index (χ1n) is 9.44. The summed E-state index contributed by atoms with van der Waals surface area (Å²) in [5, 5.41) is 10.5. The molecule has 1 aliphatic heterocycles. The molecule has 3 aromatic carbocycles. The van der Waals surface area contributed by atoms with E-state index in [4.69, 9.17) is 43.1 Å². The summed E-state index contributed by atoms with van der Waals surface area (Å²) in [6.45, 7) is 0. The lowest BCUT2D eigenvalue weighted by molar-refractivity contribution is 0.0734. The van der Waals surface area contributed by atoms with Crippen LogP contribution in [0.5, 0.6) is 17.2 Å². The third-order valence-electron chi connectivity index (χ3n) is 4.99. The zero-order chi connectivity index (χ0) is 22.8. The van der Waals surface area contributed by atoms with Crippen molar-refractivity contribution in [1.82, 2.24) is 0 Å². The molecule has 0 radical (unpaired) electrons. The minimum atomic E-state index is -0.596. The van der Waals surface area contributed by atoms with Crippen LogP contribution < -0.4 is 19.9 Å². The maximum atomic E-state index is 12.6. The Morgan fingerprint density at radius 2 is 1.84 bits per heavy atom. The number of rotatable bonds is 4. The molecule has 0 fully saturated rings. The highest BCUT2D eigenvalue weighted by Gasteiger charge is 2.31. The second-order valence-electron chi connectivity index (χ2n) is 6.91. The van der Waals surface area contributed by atoms with Gasteiger partial charge in [-0.1, -0.05) is 41.4 Å². The number of halogens is 2. The van der Waals surface area contributed by atoms with Crippen LogP contribution in [-0.2, 0) is 0 Å². The Balaban J connectivity index is 1.66. The van der Waals surface area contributed by atoms with Crippen LogP contribution in [0.4, 0.5) is 0 Å². The van der Waals surface area contributed by atoms with Crippen LogP contribution in [0.15, 0.2) is 72.1 Å². The zero-order valence-electron chi connectivity index (χ0n) is 16.8. The first-order valence-corrected chi connectivity index (χ1v) is 10.2. The summed E-state index contributed by atoms with van der Waals surface area (Å²) in [6.07, 6.45) is 0. The van der Waals surface area contributed by atoms with Crippen LogP contribution in [-0.4, -0.2) is 13.1 Å². The van der Waals surface area contributed by atoms with Gasteiger partial charge in [-0.2, -0.15) is 5.26 Å². The van der Waals surface area contributed by atoms with E-state index in [2.05, 4.69) is 6.07 Å². The first-order chi connectivity index (χ1) is 15.4. The summed E-state index contributed by atoms with van der Waals surface area (Å²) in [6, 6.07) is 18.8.